The molecule has 15 nitrogen and oxygen atoms in total. The van der Waals surface area contributed by atoms with Crippen molar-refractivity contribution in [3.05, 3.63) is 12.7 Å². The Morgan fingerprint density at radius 1 is 0.875 bits per heavy atom. The molecule has 0 bridgehead atoms. The van der Waals surface area contributed by atoms with Crippen molar-refractivity contribution < 1.29 is 50.0 Å². The van der Waals surface area contributed by atoms with Gasteiger partial charge in [0, 0.05) is 0 Å². The number of imidazole rings is 1. The number of nitrogens with zero attached hydrogens (tertiary/aromatic N) is 4. The fraction of sp³-hybridized carbons (Fsp3) is 0.706. The Morgan fingerprint density at radius 3 is 2.28 bits per heavy atom. The molecule has 2 aromatic heterocycles. The molecule has 10 unspecified atom stereocenters. The minimum Gasteiger partial charge on any atom is -0.394 e. The molecule has 178 valence electrons. The summed E-state index contributed by atoms with van der Waals surface area (Å²) < 4.78 is 17.9. The molecule has 32 heavy (non-hydrogen) atoms. The average Bonchev–Trinajstić information content (AvgIpc) is 3.22. The summed E-state index contributed by atoms with van der Waals surface area (Å²) in [6.07, 6.45) is -12.6. The molecule has 2 aliphatic heterocycles. The SMILES string of the molecule is Nc1ncnc2c1ncn2C1OC(CO)C(OC2OC(CO)C(O)C(O)C2O)C(O)C1O. The predicted molar refractivity (Wildman–Crippen MR) is 101 cm³/mol. The monoisotopic (exact) mass is 459 g/mol. The number of nitrogens with two attached hydrogens (primary N) is 1. The summed E-state index contributed by atoms with van der Waals surface area (Å²) in [5.41, 5.74) is 6.23. The second-order valence-electron chi connectivity index (χ2n) is 7.61. The molecule has 4 heterocycles. The average molecular weight is 459 g/mol. The summed E-state index contributed by atoms with van der Waals surface area (Å²) in [4.78, 5) is 12.0. The van der Waals surface area contributed by atoms with Gasteiger partial charge in [0.1, 0.15) is 60.7 Å². The number of rotatable bonds is 5. The van der Waals surface area contributed by atoms with E-state index in [0.29, 0.717) is 0 Å². The highest BCUT2D eigenvalue weighted by Gasteiger charge is 2.51. The van der Waals surface area contributed by atoms with Gasteiger partial charge in [0.05, 0.1) is 19.5 Å². The first-order valence-corrected chi connectivity index (χ1v) is 9.79. The first kappa shape index (κ1) is 23.1. The number of fused-ring (bicyclic) bond motifs is 1. The van der Waals surface area contributed by atoms with Gasteiger partial charge >= 0.3 is 0 Å². The van der Waals surface area contributed by atoms with Crippen LogP contribution in [-0.4, -0.2) is 124 Å². The van der Waals surface area contributed by atoms with Gasteiger partial charge in [-0.3, -0.25) is 4.57 Å². The van der Waals surface area contributed by atoms with Crippen molar-refractivity contribution in [3.63, 3.8) is 0 Å². The van der Waals surface area contributed by atoms with Crippen molar-refractivity contribution in [2.24, 2.45) is 0 Å². The Bertz CT molecular complexity index is 928. The van der Waals surface area contributed by atoms with Crippen molar-refractivity contribution in [1.29, 1.82) is 0 Å². The molecular weight excluding hydrogens is 434 g/mol. The molecule has 2 fully saturated rings. The molecule has 0 radical (unpaired) electrons. The summed E-state index contributed by atoms with van der Waals surface area (Å²) >= 11 is 0. The van der Waals surface area contributed by atoms with Gasteiger partial charge in [-0.05, 0) is 0 Å². The summed E-state index contributed by atoms with van der Waals surface area (Å²) in [5, 5.41) is 70.6. The number of aromatic nitrogens is 4. The molecule has 9 N–H and O–H groups in total. The van der Waals surface area contributed by atoms with Crippen LogP contribution in [-0.2, 0) is 14.2 Å². The van der Waals surface area contributed by atoms with E-state index in [0.717, 1.165) is 0 Å². The topological polar surface area (TPSA) is 239 Å². The van der Waals surface area contributed by atoms with Crippen LogP contribution in [0.5, 0.6) is 0 Å². The Kier molecular flexibility index (Phi) is 6.55. The Morgan fingerprint density at radius 2 is 1.59 bits per heavy atom. The maximum Gasteiger partial charge on any atom is 0.187 e. The van der Waals surface area contributed by atoms with Crippen molar-refractivity contribution in [3.8, 4) is 0 Å². The minimum atomic E-state index is -1.74. The number of anilines is 1. The maximum atomic E-state index is 10.7. The second-order valence-corrected chi connectivity index (χ2v) is 7.61. The third-order valence-corrected chi connectivity index (χ3v) is 5.64. The van der Waals surface area contributed by atoms with E-state index < -0.39 is 74.6 Å². The minimum absolute atomic E-state index is 0.0992. The number of nitrogen functional groups attached to an aromatic ring is 1. The van der Waals surface area contributed by atoms with E-state index in [1.807, 2.05) is 0 Å². The molecule has 0 saturated carbocycles. The van der Waals surface area contributed by atoms with Gasteiger partial charge in [0.2, 0.25) is 0 Å². The van der Waals surface area contributed by atoms with Crippen molar-refractivity contribution in [2.75, 3.05) is 18.9 Å². The van der Waals surface area contributed by atoms with Gasteiger partial charge in [-0.25, -0.2) is 15.0 Å². The van der Waals surface area contributed by atoms with Crippen molar-refractivity contribution >= 4 is 17.0 Å². The molecule has 4 rings (SSSR count). The van der Waals surface area contributed by atoms with Gasteiger partial charge in [0.25, 0.3) is 0 Å². The highest BCUT2D eigenvalue weighted by molar-refractivity contribution is 5.81. The zero-order valence-electron chi connectivity index (χ0n) is 16.6. The predicted octanol–water partition coefficient (Wildman–Crippen LogP) is -4.79. The zero-order chi connectivity index (χ0) is 23.2. The number of aliphatic hydroxyl groups excluding tert-OH is 7. The van der Waals surface area contributed by atoms with Gasteiger partial charge in [0.15, 0.2) is 24.0 Å². The van der Waals surface area contributed by atoms with Gasteiger partial charge in [-0.15, -0.1) is 0 Å². The normalized spacial score (nSPS) is 40.6. The summed E-state index contributed by atoms with van der Waals surface area (Å²) in [5.74, 6) is 0.0992. The molecule has 0 aromatic carbocycles. The van der Waals surface area contributed by atoms with Crippen LogP contribution in [0.4, 0.5) is 5.82 Å². The van der Waals surface area contributed by atoms with Crippen molar-refractivity contribution in [1.82, 2.24) is 19.5 Å². The van der Waals surface area contributed by atoms with Crippen LogP contribution < -0.4 is 5.73 Å². The van der Waals surface area contributed by atoms with Crippen LogP contribution in [0.3, 0.4) is 0 Å². The zero-order valence-corrected chi connectivity index (χ0v) is 16.6. The number of aliphatic hydroxyl groups is 7. The smallest absolute Gasteiger partial charge is 0.187 e. The lowest BCUT2D eigenvalue weighted by atomic mass is 9.96. The third kappa shape index (κ3) is 3.81. The number of hydrogen-bond acceptors (Lipinski definition) is 14. The molecule has 2 saturated heterocycles. The first-order valence-electron chi connectivity index (χ1n) is 9.79. The quantitative estimate of drug-likeness (QED) is 0.209. The Balaban J connectivity index is 1.57. The van der Waals surface area contributed by atoms with Crippen LogP contribution in [0.2, 0.25) is 0 Å². The largest absolute Gasteiger partial charge is 0.394 e. The van der Waals surface area contributed by atoms with E-state index in [1.165, 1.54) is 17.2 Å². The van der Waals surface area contributed by atoms with E-state index in [9.17, 15) is 35.7 Å². The molecule has 0 aliphatic carbocycles. The highest BCUT2D eigenvalue weighted by atomic mass is 16.7. The summed E-state index contributed by atoms with van der Waals surface area (Å²) in [6, 6.07) is 0. The van der Waals surface area contributed by atoms with E-state index in [4.69, 9.17) is 19.9 Å². The van der Waals surface area contributed by atoms with E-state index in [-0.39, 0.29) is 17.0 Å². The lowest BCUT2D eigenvalue weighted by molar-refractivity contribution is -0.346. The fourth-order valence-electron chi connectivity index (χ4n) is 3.86. The van der Waals surface area contributed by atoms with Crippen molar-refractivity contribution in [2.45, 2.75) is 61.3 Å². The second kappa shape index (κ2) is 9.06. The summed E-state index contributed by atoms with van der Waals surface area (Å²) in [6.45, 7) is -1.34. The standard InChI is InChI=1S/C17H25N5O10/c18-14-7-15(20-3-19-14)22(4-21-7)16-11(28)10(27)13(6(2-24)30-16)32-17-12(29)9(26)8(25)5(1-23)31-17/h3-6,8-13,16-17,23-29H,1-2H2,(H2,18,19,20). The van der Waals surface area contributed by atoms with Crippen LogP contribution >= 0.6 is 0 Å². The van der Waals surface area contributed by atoms with Gasteiger partial charge in [-0.2, -0.15) is 0 Å². The number of hydrogen-bond donors (Lipinski definition) is 8. The molecule has 2 aromatic rings. The van der Waals surface area contributed by atoms with E-state index in [1.54, 1.807) is 0 Å². The highest BCUT2D eigenvalue weighted by Crippen LogP contribution is 2.34. The molecule has 0 amide bonds. The maximum absolute atomic E-state index is 10.7. The van der Waals surface area contributed by atoms with Gasteiger partial charge in [-0.1, -0.05) is 0 Å². The first-order chi connectivity index (χ1) is 15.3. The molecule has 15 heteroatoms. The Labute approximate surface area is 180 Å². The molecule has 2 aliphatic rings. The van der Waals surface area contributed by atoms with E-state index >= 15 is 0 Å². The van der Waals surface area contributed by atoms with Crippen LogP contribution in [0.25, 0.3) is 11.2 Å². The van der Waals surface area contributed by atoms with Crippen LogP contribution in [0, 0.1) is 0 Å². The molecule has 0 spiro atoms. The lowest BCUT2D eigenvalue weighted by Crippen LogP contribution is -2.63. The fourth-order valence-corrected chi connectivity index (χ4v) is 3.86. The van der Waals surface area contributed by atoms with E-state index in [2.05, 4.69) is 15.0 Å². The van der Waals surface area contributed by atoms with Crippen LogP contribution in [0.1, 0.15) is 6.23 Å². The molecule has 10 atom stereocenters. The van der Waals surface area contributed by atoms with Gasteiger partial charge < -0.3 is 55.7 Å². The lowest BCUT2D eigenvalue weighted by Gasteiger charge is -2.46. The third-order valence-electron chi connectivity index (χ3n) is 5.64. The van der Waals surface area contributed by atoms with Crippen LogP contribution in [0.15, 0.2) is 12.7 Å². The molecular formula is C17H25N5O10. The number of ether oxygens (including phenoxy) is 3. The summed E-state index contributed by atoms with van der Waals surface area (Å²) in [7, 11) is 0. The Hall–Kier alpha value is -2.05.